The molecule has 30 heavy (non-hydrogen) atoms. The molecule has 0 aliphatic carbocycles. The fourth-order valence-electron chi connectivity index (χ4n) is 3.88. The number of fused-ring (bicyclic) bond motifs is 1. The number of thiazole rings is 1. The number of piperazine rings is 1. The van der Waals surface area contributed by atoms with Gasteiger partial charge in [0, 0.05) is 44.5 Å². The Hall–Kier alpha value is -2.72. The summed E-state index contributed by atoms with van der Waals surface area (Å²) < 4.78 is 25.6. The van der Waals surface area contributed by atoms with E-state index in [4.69, 9.17) is 0 Å². The molecule has 1 amide bonds. The number of nitrogens with zero attached hydrogens (tertiary/aromatic N) is 5. The van der Waals surface area contributed by atoms with E-state index < -0.39 is 10.0 Å². The molecule has 1 aromatic carbocycles. The van der Waals surface area contributed by atoms with E-state index in [0.717, 1.165) is 28.6 Å². The van der Waals surface area contributed by atoms with Gasteiger partial charge in [0.1, 0.15) is 10.3 Å². The third kappa shape index (κ3) is 3.50. The quantitative estimate of drug-likeness (QED) is 0.617. The van der Waals surface area contributed by atoms with Gasteiger partial charge in [0.25, 0.3) is 5.91 Å². The minimum Gasteiger partial charge on any atom is -0.344 e. The van der Waals surface area contributed by atoms with Crippen molar-refractivity contribution >= 4 is 48.4 Å². The van der Waals surface area contributed by atoms with Crippen LogP contribution in [0.5, 0.6) is 0 Å². The monoisotopic (exact) mass is 443 g/mol. The van der Waals surface area contributed by atoms with Crippen LogP contribution in [-0.2, 0) is 10.0 Å². The lowest BCUT2D eigenvalue weighted by Gasteiger charge is -2.34. The van der Waals surface area contributed by atoms with Gasteiger partial charge in [-0.15, -0.1) is 0 Å². The average Bonchev–Trinajstić information content (AvgIpc) is 3.36. The van der Waals surface area contributed by atoms with E-state index in [-0.39, 0.29) is 11.7 Å². The molecule has 8 nitrogen and oxygen atoms in total. The fraction of sp³-hybridized carbons (Fsp3) is 0.350. The summed E-state index contributed by atoms with van der Waals surface area (Å²) in [6, 6.07) is 10.7. The first-order chi connectivity index (χ1) is 14.5. The number of benzene rings is 1. The van der Waals surface area contributed by atoms with E-state index >= 15 is 0 Å². The van der Waals surface area contributed by atoms with Crippen molar-refractivity contribution in [1.82, 2.24) is 14.9 Å². The van der Waals surface area contributed by atoms with Crippen molar-refractivity contribution in [2.24, 2.45) is 0 Å². The maximum atomic E-state index is 12.9. The van der Waals surface area contributed by atoms with Crippen LogP contribution in [0.4, 0.5) is 10.8 Å². The number of amides is 1. The largest absolute Gasteiger partial charge is 0.344 e. The molecule has 5 rings (SSSR count). The van der Waals surface area contributed by atoms with Crippen LogP contribution in [0.25, 0.3) is 10.3 Å². The van der Waals surface area contributed by atoms with Crippen molar-refractivity contribution < 1.29 is 13.2 Å². The van der Waals surface area contributed by atoms with Crippen LogP contribution in [0.15, 0.2) is 42.6 Å². The smallest absolute Gasteiger partial charge is 0.253 e. The first kappa shape index (κ1) is 19.3. The highest BCUT2D eigenvalue weighted by atomic mass is 32.2. The fourth-order valence-corrected chi connectivity index (χ4v) is 6.40. The highest BCUT2D eigenvalue weighted by Gasteiger charge is 2.29. The second kappa shape index (κ2) is 7.51. The summed E-state index contributed by atoms with van der Waals surface area (Å²) in [5.74, 6) is 0.152. The standard InChI is InChI=1S/C20H21N5O3S2/c26-19(15-4-6-16(7-5-15)25-9-2-14-30(25,27)28)23-10-12-24(13-11-23)20-22-17-3-1-8-21-18(17)29-20/h1,3-8H,2,9-14H2. The average molecular weight is 444 g/mol. The molecular formula is C20H21N5O3S2. The number of aromatic nitrogens is 2. The van der Waals surface area contributed by atoms with Gasteiger partial charge in [0.2, 0.25) is 10.0 Å². The van der Waals surface area contributed by atoms with Crippen molar-refractivity contribution in [3.8, 4) is 0 Å². The molecule has 2 saturated heterocycles. The van der Waals surface area contributed by atoms with Gasteiger partial charge in [-0.1, -0.05) is 11.3 Å². The zero-order valence-electron chi connectivity index (χ0n) is 16.3. The van der Waals surface area contributed by atoms with Crippen LogP contribution < -0.4 is 9.21 Å². The molecule has 2 aliphatic heterocycles. The Kier molecular flexibility index (Phi) is 4.82. The molecule has 3 aromatic rings. The molecule has 0 radical (unpaired) electrons. The number of hydrogen-bond donors (Lipinski definition) is 0. The van der Waals surface area contributed by atoms with Gasteiger partial charge in [0.05, 0.1) is 11.4 Å². The number of sulfonamides is 1. The number of anilines is 2. The van der Waals surface area contributed by atoms with Gasteiger partial charge in [-0.25, -0.2) is 18.4 Å². The molecule has 156 valence electrons. The van der Waals surface area contributed by atoms with Crippen LogP contribution in [0.1, 0.15) is 16.8 Å². The Morgan fingerprint density at radius 3 is 2.43 bits per heavy atom. The zero-order valence-corrected chi connectivity index (χ0v) is 17.9. The molecule has 0 saturated carbocycles. The summed E-state index contributed by atoms with van der Waals surface area (Å²) in [7, 11) is -3.21. The van der Waals surface area contributed by atoms with E-state index in [1.54, 1.807) is 41.8 Å². The van der Waals surface area contributed by atoms with Crippen LogP contribution in [-0.4, -0.2) is 67.7 Å². The van der Waals surface area contributed by atoms with Crippen molar-refractivity contribution in [2.75, 3.05) is 47.7 Å². The summed E-state index contributed by atoms with van der Waals surface area (Å²) in [5.41, 5.74) is 2.10. The highest BCUT2D eigenvalue weighted by Crippen LogP contribution is 2.28. The number of hydrogen-bond acceptors (Lipinski definition) is 7. The molecular weight excluding hydrogens is 422 g/mol. The summed E-state index contributed by atoms with van der Waals surface area (Å²) >= 11 is 1.57. The minimum atomic E-state index is -3.21. The second-order valence-electron chi connectivity index (χ2n) is 7.39. The van der Waals surface area contributed by atoms with E-state index in [9.17, 15) is 13.2 Å². The second-order valence-corrected chi connectivity index (χ2v) is 10.4. The summed E-state index contributed by atoms with van der Waals surface area (Å²) in [4.78, 5) is 26.8. The van der Waals surface area contributed by atoms with Crippen molar-refractivity contribution in [2.45, 2.75) is 6.42 Å². The molecule has 2 fully saturated rings. The van der Waals surface area contributed by atoms with Crippen LogP contribution in [0, 0.1) is 0 Å². The summed E-state index contributed by atoms with van der Waals surface area (Å²) in [6.07, 6.45) is 2.41. The Bertz CT molecular complexity index is 1150. The predicted octanol–water partition coefficient (Wildman–Crippen LogP) is 2.19. The van der Waals surface area contributed by atoms with Crippen molar-refractivity contribution in [3.05, 3.63) is 48.2 Å². The Balaban J connectivity index is 1.24. The molecule has 2 aliphatic rings. The van der Waals surface area contributed by atoms with Gasteiger partial charge in [0.15, 0.2) is 5.13 Å². The first-order valence-corrected chi connectivity index (χ1v) is 12.3. The van der Waals surface area contributed by atoms with Gasteiger partial charge in [-0.3, -0.25) is 9.10 Å². The van der Waals surface area contributed by atoms with Crippen LogP contribution >= 0.6 is 11.3 Å². The van der Waals surface area contributed by atoms with E-state index in [0.29, 0.717) is 37.3 Å². The zero-order chi connectivity index (χ0) is 20.7. The number of carbonyl (C=O) groups excluding carboxylic acids is 1. The topological polar surface area (TPSA) is 86.7 Å². The van der Waals surface area contributed by atoms with Gasteiger partial charge in [-0.2, -0.15) is 0 Å². The molecule has 4 heterocycles. The van der Waals surface area contributed by atoms with E-state index in [2.05, 4.69) is 14.9 Å². The summed E-state index contributed by atoms with van der Waals surface area (Å²) in [5, 5.41) is 0.937. The van der Waals surface area contributed by atoms with E-state index in [1.165, 1.54) is 4.31 Å². The van der Waals surface area contributed by atoms with E-state index in [1.807, 2.05) is 17.0 Å². The third-order valence-electron chi connectivity index (χ3n) is 5.49. The predicted molar refractivity (Wildman–Crippen MR) is 118 cm³/mol. The number of rotatable bonds is 3. The van der Waals surface area contributed by atoms with Crippen molar-refractivity contribution in [1.29, 1.82) is 0 Å². The molecule has 2 aromatic heterocycles. The van der Waals surface area contributed by atoms with Crippen LogP contribution in [0.2, 0.25) is 0 Å². The maximum Gasteiger partial charge on any atom is 0.253 e. The molecule has 10 heteroatoms. The first-order valence-electron chi connectivity index (χ1n) is 9.87. The third-order valence-corrected chi connectivity index (χ3v) is 8.40. The molecule has 0 bridgehead atoms. The number of pyridine rings is 1. The lowest BCUT2D eigenvalue weighted by atomic mass is 10.1. The highest BCUT2D eigenvalue weighted by molar-refractivity contribution is 7.93. The molecule has 0 N–H and O–H groups in total. The Labute approximate surface area is 178 Å². The maximum absolute atomic E-state index is 12.9. The normalized spacial score (nSPS) is 18.9. The van der Waals surface area contributed by atoms with Crippen molar-refractivity contribution in [3.63, 3.8) is 0 Å². The SMILES string of the molecule is O=C(c1ccc(N2CCCS2(=O)=O)cc1)N1CCN(c2nc3cccnc3s2)CC1. The Morgan fingerprint density at radius 2 is 1.77 bits per heavy atom. The van der Waals surface area contributed by atoms with Gasteiger partial charge in [-0.05, 0) is 42.8 Å². The van der Waals surface area contributed by atoms with Gasteiger partial charge >= 0.3 is 0 Å². The van der Waals surface area contributed by atoms with Gasteiger partial charge < -0.3 is 9.80 Å². The minimum absolute atomic E-state index is 0.0311. The molecule has 0 unspecified atom stereocenters. The molecule has 0 spiro atoms. The lowest BCUT2D eigenvalue weighted by molar-refractivity contribution is 0.0747. The lowest BCUT2D eigenvalue weighted by Crippen LogP contribution is -2.48. The Morgan fingerprint density at radius 1 is 1.00 bits per heavy atom. The number of carbonyl (C=O) groups is 1. The molecule has 0 atom stereocenters. The summed E-state index contributed by atoms with van der Waals surface area (Å²) in [6.45, 7) is 3.17. The van der Waals surface area contributed by atoms with Crippen LogP contribution in [0.3, 0.4) is 0 Å².